The molecular formula is C24H17N3O4. The van der Waals surface area contributed by atoms with Gasteiger partial charge < -0.3 is 9.47 Å². The van der Waals surface area contributed by atoms with Crippen molar-refractivity contribution in [2.24, 2.45) is 0 Å². The van der Waals surface area contributed by atoms with Gasteiger partial charge in [-0.05, 0) is 18.6 Å². The number of carbonyl (C=O) groups excluding carboxylic acids is 2. The maximum absolute atomic E-state index is 12.9. The van der Waals surface area contributed by atoms with E-state index in [0.717, 1.165) is 5.56 Å². The quantitative estimate of drug-likeness (QED) is 0.467. The Kier molecular flexibility index (Phi) is 5.05. The highest BCUT2D eigenvalue weighted by molar-refractivity contribution is 6.13. The molecule has 2 aromatic rings. The molecule has 2 heterocycles. The van der Waals surface area contributed by atoms with Crippen LogP contribution in [0.1, 0.15) is 32.1 Å². The van der Waals surface area contributed by atoms with E-state index in [4.69, 9.17) is 9.47 Å². The van der Waals surface area contributed by atoms with Gasteiger partial charge in [-0.15, -0.1) is 0 Å². The molecule has 7 heteroatoms. The van der Waals surface area contributed by atoms with E-state index in [1.54, 1.807) is 24.3 Å². The van der Waals surface area contributed by atoms with Crippen LogP contribution < -0.4 is 0 Å². The van der Waals surface area contributed by atoms with Crippen molar-refractivity contribution in [1.29, 1.82) is 5.26 Å². The molecule has 152 valence electrons. The zero-order valence-corrected chi connectivity index (χ0v) is 17.1. The second-order valence-electron chi connectivity index (χ2n) is 6.87. The van der Waals surface area contributed by atoms with Gasteiger partial charge in [0.25, 0.3) is 0 Å². The van der Waals surface area contributed by atoms with Crippen molar-refractivity contribution in [3.8, 4) is 28.5 Å². The Labute approximate surface area is 178 Å². The van der Waals surface area contributed by atoms with Crippen molar-refractivity contribution in [3.05, 3.63) is 71.0 Å². The van der Waals surface area contributed by atoms with Crippen molar-refractivity contribution in [1.82, 2.24) is 9.97 Å². The number of fused-ring (bicyclic) bond motifs is 3. The molecule has 4 rings (SSSR count). The Hall–Kier alpha value is -4.31. The van der Waals surface area contributed by atoms with E-state index in [0.29, 0.717) is 33.3 Å². The largest absolute Gasteiger partial charge is 0.465 e. The predicted octanol–water partition coefficient (Wildman–Crippen LogP) is 4.15. The number of benzene rings is 2. The van der Waals surface area contributed by atoms with Crippen LogP contribution in [0.3, 0.4) is 0 Å². The highest BCUT2D eigenvalue weighted by Crippen LogP contribution is 2.42. The summed E-state index contributed by atoms with van der Waals surface area (Å²) in [6.45, 7) is 1.95. The molecule has 0 unspecified atom stereocenters. The van der Waals surface area contributed by atoms with Crippen molar-refractivity contribution in [3.63, 3.8) is 0 Å². The number of para-hydroxylation sites is 1. The monoisotopic (exact) mass is 411 g/mol. The SMILES string of the molecule is COC(=O)c1nc2ccccc2c2nc(C#N)c(-c3ccc(C)cc3)c-2c1C(=O)OC. The minimum absolute atomic E-state index is 0.0925. The van der Waals surface area contributed by atoms with Crippen molar-refractivity contribution in [2.45, 2.75) is 6.92 Å². The number of aromatic nitrogens is 2. The van der Waals surface area contributed by atoms with Gasteiger partial charge in [0, 0.05) is 16.5 Å². The van der Waals surface area contributed by atoms with E-state index < -0.39 is 11.9 Å². The van der Waals surface area contributed by atoms with Crippen molar-refractivity contribution in [2.75, 3.05) is 14.2 Å². The number of nitriles is 1. The van der Waals surface area contributed by atoms with E-state index >= 15 is 0 Å². The topological polar surface area (TPSA) is 102 Å². The second-order valence-corrected chi connectivity index (χ2v) is 6.87. The standard InChI is InChI=1S/C24H17N3O4/c1-13-8-10-14(11-9-13)18-17(12-25)27-21-15-6-4-5-7-16(15)26-22(24(29)31-3)20(19(18)21)23(28)30-2/h4-11H,1-3H3. The first-order valence-electron chi connectivity index (χ1n) is 9.40. The minimum atomic E-state index is -0.794. The Bertz CT molecular complexity index is 1350. The smallest absolute Gasteiger partial charge is 0.357 e. The first-order chi connectivity index (χ1) is 15.0. The maximum Gasteiger partial charge on any atom is 0.357 e. The molecule has 0 spiro atoms. The molecule has 0 bridgehead atoms. The number of ether oxygens (including phenoxy) is 2. The molecule has 0 aromatic heterocycles. The third-order valence-electron chi connectivity index (χ3n) is 5.04. The number of hydrogen-bond donors (Lipinski definition) is 0. The lowest BCUT2D eigenvalue weighted by Gasteiger charge is -2.09. The summed E-state index contributed by atoms with van der Waals surface area (Å²) in [5.74, 6) is -1.57. The predicted molar refractivity (Wildman–Crippen MR) is 114 cm³/mol. The number of rotatable bonds is 3. The van der Waals surface area contributed by atoms with Gasteiger partial charge in [-0.3, -0.25) is 0 Å². The molecule has 0 radical (unpaired) electrons. The minimum Gasteiger partial charge on any atom is -0.465 e. The highest BCUT2D eigenvalue weighted by Gasteiger charge is 2.32. The second kappa shape index (κ2) is 7.84. The number of aryl methyl sites for hydroxylation is 1. The molecule has 0 saturated heterocycles. The Balaban J connectivity index is 2.29. The van der Waals surface area contributed by atoms with Crippen LogP contribution in [0, 0.1) is 18.3 Å². The van der Waals surface area contributed by atoms with Crippen LogP contribution >= 0.6 is 0 Å². The van der Waals surface area contributed by atoms with Crippen LogP contribution in [-0.2, 0) is 9.47 Å². The van der Waals surface area contributed by atoms with Gasteiger partial charge in [0.05, 0.1) is 25.4 Å². The van der Waals surface area contributed by atoms with Gasteiger partial charge in [-0.1, -0.05) is 48.0 Å². The molecule has 0 saturated carbocycles. The van der Waals surface area contributed by atoms with Gasteiger partial charge in [0.15, 0.2) is 5.69 Å². The molecule has 0 fully saturated rings. The summed E-state index contributed by atoms with van der Waals surface area (Å²) in [6, 6.07) is 16.6. The number of methoxy groups -OCH3 is 2. The third kappa shape index (κ3) is 3.24. The Morgan fingerprint density at radius 2 is 1.58 bits per heavy atom. The zero-order chi connectivity index (χ0) is 22.1. The highest BCUT2D eigenvalue weighted by atomic mass is 16.5. The van der Waals surface area contributed by atoms with Gasteiger partial charge >= 0.3 is 11.9 Å². The molecule has 0 aliphatic carbocycles. The van der Waals surface area contributed by atoms with Gasteiger partial charge in [-0.2, -0.15) is 5.26 Å². The molecule has 2 aliphatic heterocycles. The summed E-state index contributed by atoms with van der Waals surface area (Å²) >= 11 is 0. The average molecular weight is 411 g/mol. The van der Waals surface area contributed by atoms with Crippen molar-refractivity contribution < 1.29 is 19.1 Å². The molecule has 0 N–H and O–H groups in total. The fourth-order valence-corrected chi connectivity index (χ4v) is 3.59. The normalized spacial score (nSPS) is 10.6. The fraction of sp³-hybridized carbons (Fsp3) is 0.125. The summed E-state index contributed by atoms with van der Waals surface area (Å²) < 4.78 is 9.91. The number of carbonyl (C=O) groups is 2. The van der Waals surface area contributed by atoms with Crippen molar-refractivity contribution >= 4 is 22.8 Å². The Morgan fingerprint density at radius 3 is 2.23 bits per heavy atom. The molecular weight excluding hydrogens is 394 g/mol. The van der Waals surface area contributed by atoms with Gasteiger partial charge in [0.2, 0.25) is 0 Å². The third-order valence-corrected chi connectivity index (χ3v) is 5.04. The van der Waals surface area contributed by atoms with E-state index in [2.05, 4.69) is 16.0 Å². The Morgan fingerprint density at radius 1 is 0.903 bits per heavy atom. The van der Waals surface area contributed by atoms with E-state index in [-0.39, 0.29) is 17.0 Å². The summed E-state index contributed by atoms with van der Waals surface area (Å²) in [4.78, 5) is 34.6. The van der Waals surface area contributed by atoms with Crippen LogP contribution in [0.25, 0.3) is 33.3 Å². The first-order valence-corrected chi connectivity index (χ1v) is 9.40. The van der Waals surface area contributed by atoms with Crippen LogP contribution in [0.5, 0.6) is 0 Å². The first kappa shape index (κ1) is 20.0. The molecule has 2 aliphatic rings. The number of hydrogen-bond acceptors (Lipinski definition) is 7. The fourth-order valence-electron chi connectivity index (χ4n) is 3.59. The van der Waals surface area contributed by atoms with Gasteiger partial charge in [0.1, 0.15) is 17.3 Å². The lowest BCUT2D eigenvalue weighted by molar-refractivity contribution is 0.0551. The molecule has 0 atom stereocenters. The molecule has 31 heavy (non-hydrogen) atoms. The number of esters is 2. The number of nitrogens with zero attached hydrogens (tertiary/aromatic N) is 3. The molecule has 2 aromatic carbocycles. The summed E-state index contributed by atoms with van der Waals surface area (Å²) in [6.07, 6.45) is 0. The van der Waals surface area contributed by atoms with E-state index in [9.17, 15) is 14.9 Å². The van der Waals surface area contributed by atoms with Crippen LogP contribution in [0.4, 0.5) is 0 Å². The lowest BCUT2D eigenvalue weighted by atomic mass is 9.94. The van der Waals surface area contributed by atoms with Crippen LogP contribution in [-0.4, -0.2) is 36.1 Å². The zero-order valence-electron chi connectivity index (χ0n) is 17.1. The van der Waals surface area contributed by atoms with Gasteiger partial charge in [-0.25, -0.2) is 19.6 Å². The molecule has 7 nitrogen and oxygen atoms in total. The summed E-state index contributed by atoms with van der Waals surface area (Å²) in [5, 5.41) is 10.4. The molecule has 0 amide bonds. The summed E-state index contributed by atoms with van der Waals surface area (Å²) in [7, 11) is 2.43. The van der Waals surface area contributed by atoms with Crippen LogP contribution in [0.15, 0.2) is 48.5 Å². The maximum atomic E-state index is 12.9. The lowest BCUT2D eigenvalue weighted by Crippen LogP contribution is -2.13. The van der Waals surface area contributed by atoms with E-state index in [1.165, 1.54) is 14.2 Å². The average Bonchev–Trinajstić information content (AvgIpc) is 3.11. The van der Waals surface area contributed by atoms with Crippen LogP contribution in [0.2, 0.25) is 0 Å². The van der Waals surface area contributed by atoms with E-state index in [1.807, 2.05) is 31.2 Å². The summed E-state index contributed by atoms with van der Waals surface area (Å²) in [5.41, 5.74) is 3.12.